The zero-order valence-electron chi connectivity index (χ0n) is 17.1. The van der Waals surface area contributed by atoms with E-state index in [2.05, 4.69) is 47.8 Å². The minimum absolute atomic E-state index is 0.256. The van der Waals surface area contributed by atoms with Gasteiger partial charge in [-0.2, -0.15) is 5.26 Å². The average molecular weight is 407 g/mol. The third-order valence-electron chi connectivity index (χ3n) is 5.66. The van der Waals surface area contributed by atoms with Crippen LogP contribution in [0.1, 0.15) is 29.5 Å². The van der Waals surface area contributed by atoms with E-state index in [0.29, 0.717) is 12.8 Å². The second kappa shape index (κ2) is 9.28. The largest absolute Gasteiger partial charge is 0.356 e. The van der Waals surface area contributed by atoms with Gasteiger partial charge in [-0.05, 0) is 59.5 Å². The summed E-state index contributed by atoms with van der Waals surface area (Å²) in [5.74, 6) is -0.256. The van der Waals surface area contributed by atoms with Gasteiger partial charge in [-0.25, -0.2) is 4.39 Å². The van der Waals surface area contributed by atoms with Crippen LogP contribution in [0.3, 0.4) is 0 Å². The molecule has 0 aliphatic carbocycles. The van der Waals surface area contributed by atoms with E-state index in [1.54, 1.807) is 12.1 Å². The zero-order valence-corrected chi connectivity index (χ0v) is 17.1. The van der Waals surface area contributed by atoms with Crippen molar-refractivity contribution in [3.63, 3.8) is 0 Å². The molecule has 0 heterocycles. The van der Waals surface area contributed by atoms with Crippen LogP contribution < -0.4 is 5.32 Å². The number of nitrogens with zero attached hydrogens (tertiary/aromatic N) is 1. The third-order valence-corrected chi connectivity index (χ3v) is 5.66. The van der Waals surface area contributed by atoms with Crippen molar-refractivity contribution >= 4 is 11.4 Å². The molecular weight excluding hydrogens is 383 g/mol. The van der Waals surface area contributed by atoms with Crippen LogP contribution in [-0.2, 0) is 5.41 Å². The first kappa shape index (κ1) is 20.4. The van der Waals surface area contributed by atoms with Gasteiger partial charge in [0.2, 0.25) is 0 Å². The minimum Gasteiger partial charge on any atom is -0.356 e. The summed E-state index contributed by atoms with van der Waals surface area (Å²) in [4.78, 5) is 0. The number of halogens is 1. The van der Waals surface area contributed by atoms with E-state index in [-0.39, 0.29) is 5.82 Å². The lowest BCUT2D eigenvalue weighted by Gasteiger charge is -2.35. The van der Waals surface area contributed by atoms with Crippen molar-refractivity contribution < 1.29 is 4.39 Å². The Balaban J connectivity index is 1.78. The first-order valence-corrected chi connectivity index (χ1v) is 10.3. The van der Waals surface area contributed by atoms with Gasteiger partial charge in [0.05, 0.1) is 6.07 Å². The summed E-state index contributed by atoms with van der Waals surface area (Å²) < 4.78 is 13.2. The van der Waals surface area contributed by atoms with Gasteiger partial charge in [-0.15, -0.1) is 0 Å². The molecule has 0 unspecified atom stereocenters. The van der Waals surface area contributed by atoms with Gasteiger partial charge in [0.15, 0.2) is 0 Å². The van der Waals surface area contributed by atoms with Gasteiger partial charge in [-0.3, -0.25) is 0 Å². The van der Waals surface area contributed by atoms with Crippen LogP contribution in [-0.4, -0.2) is 0 Å². The van der Waals surface area contributed by atoms with Crippen LogP contribution in [0.4, 0.5) is 15.8 Å². The number of benzene rings is 4. The number of hydrogen-bond acceptors (Lipinski definition) is 2. The summed E-state index contributed by atoms with van der Waals surface area (Å²) in [6.45, 7) is 0. The zero-order chi connectivity index (χ0) is 21.5. The van der Waals surface area contributed by atoms with Crippen LogP contribution in [0.25, 0.3) is 0 Å². The highest BCUT2D eigenvalue weighted by atomic mass is 19.1. The summed E-state index contributed by atoms with van der Waals surface area (Å²) >= 11 is 0. The summed E-state index contributed by atoms with van der Waals surface area (Å²) in [5, 5.41) is 12.7. The topological polar surface area (TPSA) is 35.8 Å². The predicted octanol–water partition coefficient (Wildman–Crippen LogP) is 7.21. The van der Waals surface area contributed by atoms with Crippen molar-refractivity contribution in [1.82, 2.24) is 0 Å². The maximum atomic E-state index is 13.2. The molecule has 0 saturated carbocycles. The molecule has 0 atom stereocenters. The van der Waals surface area contributed by atoms with E-state index < -0.39 is 5.41 Å². The SMILES string of the molecule is N#CCCC(c1ccccc1)(c1ccccc1)c1ccc(Nc2ccc(F)cc2)cc1. The number of hydrogen-bond donors (Lipinski definition) is 1. The number of anilines is 2. The predicted molar refractivity (Wildman–Crippen MR) is 124 cm³/mol. The monoisotopic (exact) mass is 406 g/mol. The van der Waals surface area contributed by atoms with Crippen LogP contribution in [0.2, 0.25) is 0 Å². The fourth-order valence-corrected chi connectivity index (χ4v) is 4.16. The molecule has 3 heteroatoms. The van der Waals surface area contributed by atoms with Crippen LogP contribution in [0.5, 0.6) is 0 Å². The Labute approximate surface area is 182 Å². The lowest BCUT2D eigenvalue weighted by Crippen LogP contribution is -2.29. The average Bonchev–Trinajstić information content (AvgIpc) is 2.83. The van der Waals surface area contributed by atoms with Gasteiger partial charge < -0.3 is 5.32 Å². The van der Waals surface area contributed by atoms with Crippen LogP contribution in [0.15, 0.2) is 109 Å². The molecule has 2 nitrogen and oxygen atoms in total. The fraction of sp³-hybridized carbons (Fsp3) is 0.107. The first-order chi connectivity index (χ1) is 15.2. The number of nitrogens with one attached hydrogen (secondary N) is 1. The van der Waals surface area contributed by atoms with E-state index >= 15 is 0 Å². The molecule has 0 radical (unpaired) electrons. The highest BCUT2D eigenvalue weighted by molar-refractivity contribution is 5.61. The van der Waals surface area contributed by atoms with Crippen molar-refractivity contribution in [2.24, 2.45) is 0 Å². The van der Waals surface area contributed by atoms with E-state index in [1.165, 1.54) is 12.1 Å². The molecule has 0 fully saturated rings. The molecule has 31 heavy (non-hydrogen) atoms. The number of nitriles is 1. The lowest BCUT2D eigenvalue weighted by molar-refractivity contribution is 0.569. The van der Waals surface area contributed by atoms with Crippen molar-refractivity contribution in [2.75, 3.05) is 5.32 Å². The quantitative estimate of drug-likeness (QED) is 0.329. The molecular formula is C28H23FN2. The van der Waals surface area contributed by atoms with E-state index in [4.69, 9.17) is 0 Å². The molecule has 0 aromatic heterocycles. The normalized spacial score (nSPS) is 11.0. The first-order valence-electron chi connectivity index (χ1n) is 10.3. The Morgan fingerprint density at radius 2 is 1.10 bits per heavy atom. The molecule has 4 rings (SSSR count). The molecule has 0 bridgehead atoms. The van der Waals surface area contributed by atoms with E-state index in [1.807, 2.05) is 48.5 Å². The summed E-state index contributed by atoms with van der Waals surface area (Å²) in [5.41, 5.74) is 4.78. The molecule has 4 aromatic carbocycles. The van der Waals surface area contributed by atoms with Crippen LogP contribution in [0, 0.1) is 17.1 Å². The van der Waals surface area contributed by atoms with Gasteiger partial charge in [0, 0.05) is 23.2 Å². The standard InChI is InChI=1S/C28H23FN2/c29-25-14-18-27(19-15-25)31-26-16-12-24(13-17-26)28(20-7-21-30,22-8-3-1-4-9-22)23-10-5-2-6-11-23/h1-6,8-19,31H,7,20H2. The second-order valence-corrected chi connectivity index (χ2v) is 7.50. The molecule has 1 N–H and O–H groups in total. The Kier molecular flexibility index (Phi) is 6.10. The summed E-state index contributed by atoms with van der Waals surface area (Å²) in [6.07, 6.45) is 1.13. The molecule has 0 spiro atoms. The smallest absolute Gasteiger partial charge is 0.123 e. The lowest BCUT2D eigenvalue weighted by atomic mass is 9.67. The van der Waals surface area contributed by atoms with Crippen molar-refractivity contribution in [3.8, 4) is 6.07 Å². The fourth-order valence-electron chi connectivity index (χ4n) is 4.16. The number of rotatable bonds is 7. The molecule has 152 valence electrons. The van der Waals surface area contributed by atoms with Crippen molar-refractivity contribution in [3.05, 3.63) is 132 Å². The van der Waals surface area contributed by atoms with E-state index in [0.717, 1.165) is 28.1 Å². The second-order valence-electron chi connectivity index (χ2n) is 7.50. The van der Waals surface area contributed by atoms with Crippen molar-refractivity contribution in [2.45, 2.75) is 18.3 Å². The Hall–Kier alpha value is -3.90. The van der Waals surface area contributed by atoms with Crippen LogP contribution >= 0.6 is 0 Å². The molecule has 0 aliphatic heterocycles. The Bertz CT molecular complexity index is 1110. The summed E-state index contributed by atoms with van der Waals surface area (Å²) in [6, 6.07) is 37.7. The minimum atomic E-state index is -0.424. The molecule has 0 saturated heterocycles. The summed E-state index contributed by atoms with van der Waals surface area (Å²) in [7, 11) is 0. The van der Waals surface area contributed by atoms with Gasteiger partial charge in [0.1, 0.15) is 5.82 Å². The molecule has 0 aliphatic rings. The Morgan fingerprint density at radius 1 is 0.645 bits per heavy atom. The third kappa shape index (κ3) is 4.34. The van der Waals surface area contributed by atoms with E-state index in [9.17, 15) is 9.65 Å². The maximum Gasteiger partial charge on any atom is 0.123 e. The maximum absolute atomic E-state index is 13.2. The molecule has 0 amide bonds. The Morgan fingerprint density at radius 3 is 1.58 bits per heavy atom. The van der Waals surface area contributed by atoms with Crippen molar-refractivity contribution in [1.29, 1.82) is 5.26 Å². The van der Waals surface area contributed by atoms with Gasteiger partial charge in [0.25, 0.3) is 0 Å². The highest BCUT2D eigenvalue weighted by Gasteiger charge is 2.35. The van der Waals surface area contributed by atoms with Gasteiger partial charge in [-0.1, -0.05) is 72.8 Å². The highest BCUT2D eigenvalue weighted by Crippen LogP contribution is 2.43. The van der Waals surface area contributed by atoms with Gasteiger partial charge >= 0.3 is 0 Å². The molecule has 4 aromatic rings.